The second-order valence-corrected chi connectivity index (χ2v) is 1.81. The number of hydrogen-bond acceptors (Lipinski definition) is 2. The van der Waals surface area contributed by atoms with Crippen molar-refractivity contribution < 1.29 is 9.53 Å². The molecule has 0 heterocycles. The van der Waals surface area contributed by atoms with Crippen LogP contribution in [0.1, 0.15) is 6.92 Å². The number of amides is 1. The summed E-state index contributed by atoms with van der Waals surface area (Å²) < 4.78 is 4.85. The van der Waals surface area contributed by atoms with Gasteiger partial charge < -0.3 is 10.5 Å². The Morgan fingerprint density at radius 3 is 2.56 bits per heavy atom. The van der Waals surface area contributed by atoms with Gasteiger partial charge >= 0.3 is 0 Å². The van der Waals surface area contributed by atoms with Crippen LogP contribution in [-0.4, -0.2) is 24.5 Å². The molecule has 3 nitrogen and oxygen atoms in total. The Hall–Kier alpha value is -0.280. The van der Waals surface area contributed by atoms with Crippen LogP contribution in [0.15, 0.2) is 0 Å². The van der Waals surface area contributed by atoms with Crippen molar-refractivity contribution in [3.8, 4) is 0 Å². The maximum absolute atomic E-state index is 10.3. The number of rotatable bonds is 4. The Morgan fingerprint density at radius 2 is 2.44 bits per heavy atom. The molecule has 1 atom stereocenters. The van der Waals surface area contributed by atoms with Gasteiger partial charge in [-0.3, -0.25) is 4.79 Å². The Balaban J connectivity index is 3.54. The largest absolute Gasteiger partial charge is 0.367 e. The highest BCUT2D eigenvalue weighted by atomic mass is 35.5. The molecule has 0 saturated carbocycles. The predicted molar refractivity (Wildman–Crippen MR) is 35.3 cm³/mol. The molecule has 0 aromatic rings. The van der Waals surface area contributed by atoms with E-state index in [4.69, 9.17) is 22.1 Å². The average molecular weight is 152 g/mol. The van der Waals surface area contributed by atoms with Crippen molar-refractivity contribution in [3.63, 3.8) is 0 Å². The summed E-state index contributed by atoms with van der Waals surface area (Å²) in [7, 11) is 0. The first-order valence-electron chi connectivity index (χ1n) is 2.69. The number of ether oxygens (including phenoxy) is 1. The van der Waals surface area contributed by atoms with Gasteiger partial charge in [0.25, 0.3) is 0 Å². The first-order valence-corrected chi connectivity index (χ1v) is 3.22. The molecular weight excluding hydrogens is 142 g/mol. The van der Waals surface area contributed by atoms with Crippen LogP contribution >= 0.6 is 11.6 Å². The number of hydrogen-bond donors (Lipinski definition) is 1. The second kappa shape index (κ2) is 4.58. The molecule has 0 spiro atoms. The first kappa shape index (κ1) is 8.72. The maximum Gasteiger partial charge on any atom is 0.247 e. The average Bonchev–Trinajstić information content (AvgIpc) is 1.82. The van der Waals surface area contributed by atoms with Crippen LogP contribution in [0.3, 0.4) is 0 Å². The Labute approximate surface area is 59.1 Å². The predicted octanol–water partition coefficient (Wildman–Crippen LogP) is 0.116. The van der Waals surface area contributed by atoms with E-state index in [0.717, 1.165) is 0 Å². The van der Waals surface area contributed by atoms with Gasteiger partial charge in [-0.25, -0.2) is 0 Å². The van der Waals surface area contributed by atoms with E-state index in [1.165, 1.54) is 0 Å². The summed E-state index contributed by atoms with van der Waals surface area (Å²) in [6.07, 6.45) is -0.628. The monoisotopic (exact) mass is 151 g/mol. The van der Waals surface area contributed by atoms with E-state index >= 15 is 0 Å². The topological polar surface area (TPSA) is 52.3 Å². The molecule has 2 N–H and O–H groups in total. The van der Waals surface area contributed by atoms with Crippen molar-refractivity contribution in [1.82, 2.24) is 0 Å². The summed E-state index contributed by atoms with van der Waals surface area (Å²) >= 11 is 5.32. The highest BCUT2D eigenvalue weighted by molar-refractivity contribution is 6.19. The molecule has 0 aromatic carbocycles. The van der Waals surface area contributed by atoms with Crippen molar-refractivity contribution >= 4 is 17.5 Å². The van der Waals surface area contributed by atoms with Crippen LogP contribution in [0.4, 0.5) is 0 Å². The highest BCUT2D eigenvalue weighted by Gasteiger charge is 2.11. The fourth-order valence-electron chi connectivity index (χ4n) is 0.404. The van der Waals surface area contributed by atoms with E-state index in [-0.39, 0.29) is 5.88 Å². The van der Waals surface area contributed by atoms with Gasteiger partial charge in [0.1, 0.15) is 6.10 Å². The second-order valence-electron chi connectivity index (χ2n) is 1.50. The van der Waals surface area contributed by atoms with Crippen LogP contribution < -0.4 is 5.73 Å². The van der Waals surface area contributed by atoms with Crippen LogP contribution in [0.2, 0.25) is 0 Å². The molecule has 0 aliphatic carbocycles. The molecule has 9 heavy (non-hydrogen) atoms. The van der Waals surface area contributed by atoms with Crippen LogP contribution in [0, 0.1) is 0 Å². The van der Waals surface area contributed by atoms with E-state index in [9.17, 15) is 4.79 Å². The lowest BCUT2D eigenvalue weighted by Crippen LogP contribution is -2.32. The summed E-state index contributed by atoms with van der Waals surface area (Å²) in [5.41, 5.74) is 4.88. The minimum atomic E-state index is -0.628. The third-order valence-corrected chi connectivity index (χ3v) is 1.11. The van der Waals surface area contributed by atoms with E-state index in [1.807, 2.05) is 0 Å². The molecule has 0 rings (SSSR count). The number of carbonyl (C=O) groups is 1. The molecule has 0 fully saturated rings. The van der Waals surface area contributed by atoms with Gasteiger partial charge in [-0.15, -0.1) is 11.6 Å². The third kappa shape index (κ3) is 3.32. The van der Waals surface area contributed by atoms with Gasteiger partial charge in [0.15, 0.2) is 0 Å². The highest BCUT2D eigenvalue weighted by Crippen LogP contribution is 1.92. The summed E-state index contributed by atoms with van der Waals surface area (Å²) in [6.45, 7) is 2.24. The molecule has 0 radical (unpaired) electrons. The SMILES string of the molecule is CCOC(CCl)C(N)=O. The lowest BCUT2D eigenvalue weighted by molar-refractivity contribution is -0.127. The zero-order valence-corrected chi connectivity index (χ0v) is 6.02. The van der Waals surface area contributed by atoms with E-state index in [0.29, 0.717) is 6.61 Å². The normalized spacial score (nSPS) is 13.1. The Morgan fingerprint density at radius 1 is 1.89 bits per heavy atom. The van der Waals surface area contributed by atoms with Crippen molar-refractivity contribution in [2.75, 3.05) is 12.5 Å². The molecule has 0 aliphatic heterocycles. The van der Waals surface area contributed by atoms with Gasteiger partial charge in [-0.05, 0) is 6.92 Å². The van der Waals surface area contributed by atoms with Gasteiger partial charge in [0, 0.05) is 6.61 Å². The zero-order valence-electron chi connectivity index (χ0n) is 5.26. The van der Waals surface area contributed by atoms with Crippen molar-refractivity contribution in [2.24, 2.45) is 5.73 Å². The number of nitrogens with two attached hydrogens (primary N) is 1. The van der Waals surface area contributed by atoms with Gasteiger partial charge in [0.2, 0.25) is 5.91 Å². The standard InChI is InChI=1S/C5H10ClNO2/c1-2-9-4(3-6)5(7)8/h4H,2-3H2,1H3,(H2,7,8). The molecule has 1 amide bonds. The van der Waals surface area contributed by atoms with E-state index in [1.54, 1.807) is 6.92 Å². The number of carbonyl (C=O) groups excluding carboxylic acids is 1. The first-order chi connectivity index (χ1) is 4.22. The molecular formula is C5H10ClNO2. The van der Waals surface area contributed by atoms with Crippen molar-refractivity contribution in [2.45, 2.75) is 13.0 Å². The van der Waals surface area contributed by atoms with Crippen LogP contribution in [0.5, 0.6) is 0 Å². The maximum atomic E-state index is 10.3. The lowest BCUT2D eigenvalue weighted by Gasteiger charge is -2.07. The fraction of sp³-hybridized carbons (Fsp3) is 0.800. The van der Waals surface area contributed by atoms with Gasteiger partial charge in [-0.2, -0.15) is 0 Å². The summed E-state index contributed by atoms with van der Waals surface area (Å²) in [5.74, 6) is -0.379. The number of primary amides is 1. The van der Waals surface area contributed by atoms with Gasteiger partial charge in [-0.1, -0.05) is 0 Å². The lowest BCUT2D eigenvalue weighted by atomic mass is 10.4. The minimum absolute atomic E-state index is 0.128. The molecule has 0 aromatic heterocycles. The Bertz CT molecular complexity index is 97.0. The quantitative estimate of drug-likeness (QED) is 0.580. The van der Waals surface area contributed by atoms with Crippen molar-refractivity contribution in [1.29, 1.82) is 0 Å². The van der Waals surface area contributed by atoms with Gasteiger partial charge in [0.05, 0.1) is 5.88 Å². The molecule has 0 saturated heterocycles. The smallest absolute Gasteiger partial charge is 0.247 e. The zero-order chi connectivity index (χ0) is 7.28. The third-order valence-electron chi connectivity index (χ3n) is 0.825. The summed E-state index contributed by atoms with van der Waals surface area (Å²) in [6, 6.07) is 0. The molecule has 1 unspecified atom stereocenters. The fourth-order valence-corrected chi connectivity index (χ4v) is 0.645. The molecule has 0 bridgehead atoms. The molecule has 54 valence electrons. The Kier molecular flexibility index (Phi) is 4.44. The minimum Gasteiger partial charge on any atom is -0.367 e. The summed E-state index contributed by atoms with van der Waals surface area (Å²) in [4.78, 5) is 10.3. The van der Waals surface area contributed by atoms with Crippen LogP contribution in [-0.2, 0) is 9.53 Å². The number of halogens is 1. The number of alkyl halides is 1. The molecule has 4 heteroatoms. The summed E-state index contributed by atoms with van der Waals surface area (Å²) in [5, 5.41) is 0. The van der Waals surface area contributed by atoms with E-state index in [2.05, 4.69) is 0 Å². The van der Waals surface area contributed by atoms with E-state index < -0.39 is 12.0 Å². The van der Waals surface area contributed by atoms with Crippen molar-refractivity contribution in [3.05, 3.63) is 0 Å². The molecule has 0 aliphatic rings. The van der Waals surface area contributed by atoms with Crippen LogP contribution in [0.25, 0.3) is 0 Å².